The van der Waals surface area contributed by atoms with Crippen molar-refractivity contribution in [1.29, 1.82) is 0 Å². The van der Waals surface area contributed by atoms with E-state index in [0.29, 0.717) is 29.9 Å². The molecule has 0 spiro atoms. The number of anilines is 2. The van der Waals surface area contributed by atoms with E-state index in [1.54, 1.807) is 24.4 Å². The van der Waals surface area contributed by atoms with Crippen LogP contribution in [0.3, 0.4) is 0 Å². The molecule has 0 radical (unpaired) electrons. The van der Waals surface area contributed by atoms with Gasteiger partial charge in [0.25, 0.3) is 0 Å². The topological polar surface area (TPSA) is 62.4 Å². The van der Waals surface area contributed by atoms with Gasteiger partial charge in [0.1, 0.15) is 17.9 Å². The summed E-state index contributed by atoms with van der Waals surface area (Å²) < 4.78 is 52.5. The second-order valence-corrected chi connectivity index (χ2v) is 7.20. The molecule has 4 rings (SSSR count). The van der Waals surface area contributed by atoms with Crippen molar-refractivity contribution in [2.45, 2.75) is 25.2 Å². The van der Waals surface area contributed by atoms with Gasteiger partial charge in [0.05, 0.1) is 5.56 Å². The number of aliphatic hydroxyl groups is 1. The van der Waals surface area contributed by atoms with E-state index in [-0.39, 0.29) is 6.42 Å². The molecule has 4 nitrogen and oxygen atoms in total. The van der Waals surface area contributed by atoms with Crippen LogP contribution in [-0.4, -0.2) is 16.6 Å². The summed E-state index contributed by atoms with van der Waals surface area (Å²) in [6, 6.07) is 12.1. The molecule has 0 bridgehead atoms. The van der Waals surface area contributed by atoms with Crippen LogP contribution in [0.1, 0.15) is 34.0 Å². The number of fused-ring (bicyclic) bond motifs is 1. The molecule has 8 heteroatoms. The van der Waals surface area contributed by atoms with Crippen molar-refractivity contribution in [1.82, 2.24) is 4.98 Å². The van der Waals surface area contributed by atoms with E-state index in [1.165, 1.54) is 6.07 Å². The lowest BCUT2D eigenvalue weighted by molar-refractivity contribution is -0.140. The van der Waals surface area contributed by atoms with Gasteiger partial charge in [-0.25, -0.2) is 9.37 Å². The Bertz CT molecular complexity index is 1080. The van der Waals surface area contributed by atoms with Gasteiger partial charge in [-0.15, -0.1) is 0 Å². The van der Waals surface area contributed by atoms with E-state index < -0.39 is 23.8 Å². The van der Waals surface area contributed by atoms with Crippen LogP contribution in [0.2, 0.25) is 0 Å². The van der Waals surface area contributed by atoms with Crippen molar-refractivity contribution < 1.29 is 22.7 Å². The Labute approximate surface area is 170 Å². The fourth-order valence-corrected chi connectivity index (χ4v) is 3.83. The van der Waals surface area contributed by atoms with Crippen LogP contribution in [0.5, 0.6) is 0 Å². The Morgan fingerprint density at radius 2 is 1.87 bits per heavy atom. The van der Waals surface area contributed by atoms with Gasteiger partial charge in [0, 0.05) is 24.0 Å². The zero-order valence-corrected chi connectivity index (χ0v) is 15.8. The van der Waals surface area contributed by atoms with Crippen molar-refractivity contribution in [3.63, 3.8) is 0 Å². The van der Waals surface area contributed by atoms with E-state index in [0.717, 1.165) is 28.9 Å². The molecule has 156 valence electrons. The van der Waals surface area contributed by atoms with Gasteiger partial charge in [0.2, 0.25) is 0 Å². The fraction of sp³-hybridized carbons (Fsp3) is 0.227. The Hall–Kier alpha value is -2.97. The summed E-state index contributed by atoms with van der Waals surface area (Å²) in [5, 5.41) is 9.79. The summed E-state index contributed by atoms with van der Waals surface area (Å²) >= 11 is 0. The van der Waals surface area contributed by atoms with E-state index in [4.69, 9.17) is 5.73 Å². The SMILES string of the molecule is NC(O)c1cccc2c1CCN2c1cc(Cc2ccc(F)c(C(F)(F)F)c2)ccn1. The molecule has 3 aromatic rings. The lowest BCUT2D eigenvalue weighted by Crippen LogP contribution is -2.15. The summed E-state index contributed by atoms with van der Waals surface area (Å²) in [6.07, 6.45) is -3.31. The maximum atomic E-state index is 13.5. The average Bonchev–Trinajstić information content (AvgIpc) is 3.13. The minimum Gasteiger partial charge on any atom is -0.375 e. The number of alkyl halides is 3. The first-order valence-corrected chi connectivity index (χ1v) is 9.37. The molecule has 1 aliphatic heterocycles. The van der Waals surface area contributed by atoms with Gasteiger partial charge in [-0.3, -0.25) is 0 Å². The lowest BCUT2D eigenvalue weighted by atomic mass is 10.0. The number of nitrogens with two attached hydrogens (primary N) is 1. The molecule has 1 atom stereocenters. The normalized spacial score (nSPS) is 14.7. The molecule has 0 aliphatic carbocycles. The summed E-state index contributed by atoms with van der Waals surface area (Å²) in [5.41, 5.74) is 8.00. The second kappa shape index (κ2) is 7.70. The lowest BCUT2D eigenvalue weighted by Gasteiger charge is -2.20. The first-order valence-electron chi connectivity index (χ1n) is 9.37. The number of hydrogen-bond donors (Lipinski definition) is 2. The van der Waals surface area contributed by atoms with E-state index in [1.807, 2.05) is 17.0 Å². The van der Waals surface area contributed by atoms with Crippen LogP contribution in [0.25, 0.3) is 0 Å². The largest absolute Gasteiger partial charge is 0.419 e. The predicted octanol–water partition coefficient (Wildman–Crippen LogP) is 4.47. The summed E-state index contributed by atoms with van der Waals surface area (Å²) in [5.74, 6) is -0.638. The minimum absolute atomic E-state index is 0.209. The molecule has 0 saturated heterocycles. The maximum Gasteiger partial charge on any atom is 0.419 e. The Morgan fingerprint density at radius 1 is 1.10 bits per heavy atom. The smallest absolute Gasteiger partial charge is 0.375 e. The van der Waals surface area contributed by atoms with Gasteiger partial charge in [0.15, 0.2) is 0 Å². The first-order chi connectivity index (χ1) is 14.2. The monoisotopic (exact) mass is 417 g/mol. The number of halogens is 4. The molecular weight excluding hydrogens is 398 g/mol. The molecule has 3 N–H and O–H groups in total. The highest BCUT2D eigenvalue weighted by atomic mass is 19.4. The van der Waals surface area contributed by atoms with Gasteiger partial charge in [-0.2, -0.15) is 13.2 Å². The molecule has 0 fully saturated rings. The van der Waals surface area contributed by atoms with Crippen LogP contribution in [0.15, 0.2) is 54.7 Å². The van der Waals surface area contributed by atoms with Crippen molar-refractivity contribution in [3.05, 3.63) is 88.4 Å². The zero-order valence-electron chi connectivity index (χ0n) is 15.8. The number of nitrogens with zero attached hydrogens (tertiary/aromatic N) is 2. The van der Waals surface area contributed by atoms with E-state index >= 15 is 0 Å². The van der Waals surface area contributed by atoms with Crippen molar-refractivity contribution in [2.24, 2.45) is 5.73 Å². The van der Waals surface area contributed by atoms with Crippen molar-refractivity contribution in [3.8, 4) is 0 Å². The molecule has 1 aliphatic rings. The minimum atomic E-state index is -4.74. The molecule has 0 saturated carbocycles. The van der Waals surface area contributed by atoms with Gasteiger partial charge in [-0.05, 0) is 59.9 Å². The number of benzene rings is 2. The molecule has 1 aromatic heterocycles. The average molecular weight is 417 g/mol. The molecular formula is C22H19F4N3O. The summed E-state index contributed by atoms with van der Waals surface area (Å²) in [7, 11) is 0. The van der Waals surface area contributed by atoms with E-state index in [2.05, 4.69) is 4.98 Å². The number of hydrogen-bond acceptors (Lipinski definition) is 4. The van der Waals surface area contributed by atoms with Gasteiger partial charge in [-0.1, -0.05) is 18.2 Å². The number of aromatic nitrogens is 1. The van der Waals surface area contributed by atoms with Crippen LogP contribution >= 0.6 is 0 Å². The van der Waals surface area contributed by atoms with Crippen LogP contribution in [0, 0.1) is 5.82 Å². The third kappa shape index (κ3) is 3.88. The molecule has 1 unspecified atom stereocenters. The highest BCUT2D eigenvalue weighted by Crippen LogP contribution is 2.37. The Balaban J connectivity index is 1.62. The van der Waals surface area contributed by atoms with Crippen LogP contribution in [-0.2, 0) is 19.0 Å². The maximum absolute atomic E-state index is 13.5. The third-order valence-electron chi connectivity index (χ3n) is 5.21. The summed E-state index contributed by atoms with van der Waals surface area (Å²) in [6.45, 7) is 0.643. The Kier molecular flexibility index (Phi) is 5.21. The number of rotatable bonds is 4. The van der Waals surface area contributed by atoms with Crippen molar-refractivity contribution in [2.75, 3.05) is 11.4 Å². The van der Waals surface area contributed by atoms with E-state index in [9.17, 15) is 22.7 Å². The molecule has 2 aromatic carbocycles. The third-order valence-corrected chi connectivity index (χ3v) is 5.21. The second-order valence-electron chi connectivity index (χ2n) is 7.20. The highest BCUT2D eigenvalue weighted by molar-refractivity contribution is 5.69. The fourth-order valence-electron chi connectivity index (χ4n) is 3.83. The first kappa shape index (κ1) is 20.3. The summed E-state index contributed by atoms with van der Waals surface area (Å²) in [4.78, 5) is 6.38. The Morgan fingerprint density at radius 3 is 2.60 bits per heavy atom. The van der Waals surface area contributed by atoms with Crippen LogP contribution < -0.4 is 10.6 Å². The van der Waals surface area contributed by atoms with Crippen molar-refractivity contribution >= 4 is 11.5 Å². The molecule has 30 heavy (non-hydrogen) atoms. The molecule has 2 heterocycles. The molecule has 0 amide bonds. The number of aliphatic hydroxyl groups excluding tert-OH is 1. The van der Waals surface area contributed by atoms with Crippen LogP contribution in [0.4, 0.5) is 29.1 Å². The quantitative estimate of drug-likeness (QED) is 0.486. The van der Waals surface area contributed by atoms with Gasteiger partial charge < -0.3 is 15.7 Å². The predicted molar refractivity (Wildman–Crippen MR) is 105 cm³/mol. The number of pyridine rings is 1. The van der Waals surface area contributed by atoms with Gasteiger partial charge >= 0.3 is 6.18 Å². The zero-order chi connectivity index (χ0) is 21.5. The highest BCUT2D eigenvalue weighted by Gasteiger charge is 2.34. The standard InChI is InChI=1S/C22H19F4N3O/c23-18-5-4-13(11-17(18)22(24,25)26)10-14-6-8-28-20(12-14)29-9-7-15-16(21(27)30)2-1-3-19(15)29/h1-6,8,11-12,21,30H,7,9-10,27H2.